The zero-order chi connectivity index (χ0) is 5.70. The molecule has 0 spiro atoms. The number of hydrogen-bond acceptors (Lipinski definition) is 3. The zero-order valence-corrected chi connectivity index (χ0v) is 4.22. The second-order valence-corrected chi connectivity index (χ2v) is 1.13. The van der Waals surface area contributed by atoms with Crippen molar-refractivity contribution in [2.45, 2.75) is 6.92 Å². The lowest BCUT2D eigenvalue weighted by atomic mass is 10.6. The maximum atomic E-state index is 9.45. The van der Waals surface area contributed by atoms with Crippen molar-refractivity contribution >= 4 is 6.29 Å². The molecular weight excluding hydrogens is 94.0 g/mol. The molecule has 0 rings (SSSR count). The summed E-state index contributed by atoms with van der Waals surface area (Å²) >= 11 is 0. The minimum absolute atomic E-state index is 0.0174. The monoisotopic (exact) mass is 102 g/mol. The Hall–Kier alpha value is -0.410. The first-order valence-electron chi connectivity index (χ1n) is 2.10. The molecule has 41 valence electrons. The van der Waals surface area contributed by atoms with Crippen LogP contribution in [0.1, 0.15) is 6.92 Å². The van der Waals surface area contributed by atoms with Crippen molar-refractivity contribution in [3.8, 4) is 0 Å². The quantitative estimate of drug-likeness (QED) is 0.502. The van der Waals surface area contributed by atoms with Gasteiger partial charge in [0.25, 0.3) is 0 Å². The molecule has 0 aromatic heterocycles. The van der Waals surface area contributed by atoms with E-state index < -0.39 is 0 Å². The first kappa shape index (κ1) is 6.59. The molecule has 7 heavy (non-hydrogen) atoms. The summed E-state index contributed by atoms with van der Waals surface area (Å²) in [5.41, 5.74) is 0. The summed E-state index contributed by atoms with van der Waals surface area (Å²) in [4.78, 5) is 9.45. The fourth-order valence-electron chi connectivity index (χ4n) is 0.186. The fraction of sp³-hybridized carbons (Fsp3) is 0.750. The van der Waals surface area contributed by atoms with E-state index in [1.54, 1.807) is 13.2 Å². The molecule has 3 nitrogen and oxygen atoms in total. The lowest BCUT2D eigenvalue weighted by molar-refractivity contribution is -0.0714. The number of rotatable bonds is 3. The molecule has 0 unspecified atom stereocenters. The third kappa shape index (κ3) is 3.42. The summed E-state index contributed by atoms with van der Waals surface area (Å²) in [5.74, 6) is 0. The highest BCUT2D eigenvalue weighted by molar-refractivity contribution is 5.52. The Balaban J connectivity index is 2.98. The Morgan fingerprint density at radius 1 is 1.86 bits per heavy atom. The number of carbonyl (C=O) groups excluding carboxylic acids is 1. The van der Waals surface area contributed by atoms with Crippen LogP contribution in [0.4, 0.5) is 0 Å². The Morgan fingerprint density at radius 2 is 2.43 bits per heavy atom. The summed E-state index contributed by atoms with van der Waals surface area (Å²) in [6.45, 7) is 2.20. The van der Waals surface area contributed by atoms with E-state index in [0.717, 1.165) is 5.06 Å². The summed E-state index contributed by atoms with van der Waals surface area (Å²) in [6, 6.07) is 0. The van der Waals surface area contributed by atoms with Crippen LogP contribution in [0, 0.1) is 0 Å². The summed E-state index contributed by atoms with van der Waals surface area (Å²) in [7, 11) is 0. The molecule has 0 bridgehead atoms. The van der Waals surface area contributed by atoms with Gasteiger partial charge in [0, 0.05) is 6.54 Å². The highest BCUT2D eigenvalue weighted by Gasteiger charge is 1.90. The molecule has 0 aliphatic heterocycles. The van der Waals surface area contributed by atoms with Gasteiger partial charge in [-0.3, -0.25) is 4.79 Å². The minimum Gasteiger partial charge on any atom is -0.314 e. The fourth-order valence-corrected chi connectivity index (χ4v) is 0.186. The second-order valence-electron chi connectivity index (χ2n) is 1.13. The highest BCUT2D eigenvalue weighted by Crippen LogP contribution is 1.72. The number of nitrogens with zero attached hydrogens (tertiary/aromatic N) is 1. The van der Waals surface area contributed by atoms with E-state index in [4.69, 9.17) is 5.21 Å². The molecule has 3 heteroatoms. The van der Waals surface area contributed by atoms with Crippen LogP contribution in [0.15, 0.2) is 0 Å². The van der Waals surface area contributed by atoms with Crippen LogP contribution in [0.5, 0.6) is 0 Å². The predicted octanol–water partition coefficient (Wildman–Crippen LogP) is -0.193. The van der Waals surface area contributed by atoms with Gasteiger partial charge in [0.15, 0.2) is 0 Å². The van der Waals surface area contributed by atoms with Crippen molar-refractivity contribution in [3.63, 3.8) is 0 Å². The topological polar surface area (TPSA) is 40.5 Å². The summed E-state index contributed by atoms with van der Waals surface area (Å²) < 4.78 is 0. The van der Waals surface area contributed by atoms with Crippen LogP contribution in [0.25, 0.3) is 0 Å². The number of likely N-dealkylation sites (N-methyl/N-ethyl adjacent to an activating group) is 1. The van der Waals surface area contributed by atoms with E-state index in [1.165, 1.54) is 0 Å². The molecule has 0 saturated heterocycles. The van der Waals surface area contributed by atoms with E-state index in [2.05, 4.69) is 0 Å². The van der Waals surface area contributed by atoms with Crippen LogP contribution in [0.2, 0.25) is 0 Å². The normalized spacial score (nSPS) is 9.57. The van der Waals surface area contributed by atoms with E-state index in [1.807, 2.05) is 0 Å². The van der Waals surface area contributed by atoms with Gasteiger partial charge < -0.3 is 5.21 Å². The molecule has 0 aromatic carbocycles. The SMILES string of the molecule is CCN(O)C[C]=O. The van der Waals surface area contributed by atoms with Crippen LogP contribution >= 0.6 is 0 Å². The molecule has 0 aromatic rings. The third-order valence-corrected chi connectivity index (χ3v) is 0.612. The van der Waals surface area contributed by atoms with Crippen molar-refractivity contribution in [2.24, 2.45) is 0 Å². The summed E-state index contributed by atoms with van der Waals surface area (Å²) in [5, 5.41) is 9.31. The molecule has 1 radical (unpaired) electrons. The van der Waals surface area contributed by atoms with Gasteiger partial charge in [-0.25, -0.2) is 0 Å². The standard InChI is InChI=1S/C4H8NO2/c1-2-5(7)3-4-6/h7H,2-3H2,1H3. The Morgan fingerprint density at radius 3 is 2.57 bits per heavy atom. The first-order valence-corrected chi connectivity index (χ1v) is 2.10. The molecular formula is C4H8NO2. The van der Waals surface area contributed by atoms with Crippen LogP contribution < -0.4 is 0 Å². The van der Waals surface area contributed by atoms with Crippen molar-refractivity contribution < 1.29 is 10.0 Å². The smallest absolute Gasteiger partial charge is 0.216 e. The molecule has 0 amide bonds. The van der Waals surface area contributed by atoms with Gasteiger partial charge in [0.05, 0.1) is 6.54 Å². The molecule has 0 aliphatic rings. The largest absolute Gasteiger partial charge is 0.314 e. The van der Waals surface area contributed by atoms with Crippen LogP contribution in [-0.4, -0.2) is 29.6 Å². The van der Waals surface area contributed by atoms with Gasteiger partial charge in [-0.15, -0.1) is 0 Å². The van der Waals surface area contributed by atoms with Crippen molar-refractivity contribution in [1.29, 1.82) is 0 Å². The van der Waals surface area contributed by atoms with Crippen molar-refractivity contribution in [2.75, 3.05) is 13.1 Å². The average molecular weight is 102 g/mol. The van der Waals surface area contributed by atoms with Crippen LogP contribution in [-0.2, 0) is 4.79 Å². The minimum atomic E-state index is -0.0174. The average Bonchev–Trinajstić information content (AvgIpc) is 1.68. The number of hydrogen-bond donors (Lipinski definition) is 1. The van der Waals surface area contributed by atoms with E-state index in [0.29, 0.717) is 6.54 Å². The predicted molar refractivity (Wildman–Crippen MR) is 24.7 cm³/mol. The van der Waals surface area contributed by atoms with Gasteiger partial charge >= 0.3 is 0 Å². The second kappa shape index (κ2) is 3.77. The van der Waals surface area contributed by atoms with Gasteiger partial charge in [0.1, 0.15) is 0 Å². The zero-order valence-electron chi connectivity index (χ0n) is 4.22. The van der Waals surface area contributed by atoms with E-state index in [9.17, 15) is 4.79 Å². The first-order chi connectivity index (χ1) is 3.31. The lowest BCUT2D eigenvalue weighted by Gasteiger charge is -2.03. The molecule has 0 saturated carbocycles. The highest BCUT2D eigenvalue weighted by atomic mass is 16.5. The van der Waals surface area contributed by atoms with E-state index >= 15 is 0 Å². The Labute approximate surface area is 42.5 Å². The molecule has 0 heterocycles. The number of hydroxylamine groups is 2. The van der Waals surface area contributed by atoms with Gasteiger partial charge in [-0.2, -0.15) is 5.06 Å². The molecule has 0 atom stereocenters. The molecule has 0 aliphatic carbocycles. The van der Waals surface area contributed by atoms with E-state index in [-0.39, 0.29) is 6.54 Å². The molecule has 0 fully saturated rings. The van der Waals surface area contributed by atoms with Gasteiger partial charge in [0.2, 0.25) is 6.29 Å². The Bertz CT molecular complexity index is 55.7. The van der Waals surface area contributed by atoms with Gasteiger partial charge in [-0.1, -0.05) is 6.92 Å². The van der Waals surface area contributed by atoms with Gasteiger partial charge in [-0.05, 0) is 0 Å². The molecule has 1 N–H and O–H groups in total. The Kier molecular flexibility index (Phi) is 3.55. The maximum Gasteiger partial charge on any atom is 0.216 e. The lowest BCUT2D eigenvalue weighted by Crippen LogP contribution is -2.20. The third-order valence-electron chi connectivity index (χ3n) is 0.612. The summed E-state index contributed by atoms with van der Waals surface area (Å²) in [6.07, 6.45) is 1.54. The van der Waals surface area contributed by atoms with Crippen molar-refractivity contribution in [1.82, 2.24) is 5.06 Å². The van der Waals surface area contributed by atoms with Crippen LogP contribution in [0.3, 0.4) is 0 Å². The maximum absolute atomic E-state index is 9.45. The van der Waals surface area contributed by atoms with Crippen molar-refractivity contribution in [3.05, 3.63) is 0 Å².